The fourth-order valence-corrected chi connectivity index (χ4v) is 6.00. The summed E-state index contributed by atoms with van der Waals surface area (Å²) >= 11 is 0. The number of pyridine rings is 1. The van der Waals surface area contributed by atoms with Crippen LogP contribution in [0.25, 0.3) is 10.9 Å². The number of ether oxygens (including phenoxy) is 3. The summed E-state index contributed by atoms with van der Waals surface area (Å²) in [7, 11) is 4.90. The maximum Gasteiger partial charge on any atom is 0.252 e. The SMILES string of the molecule is COc1ccc2cc(CN(CCc3ccc(OC)c(OC)c3)[C@@H](c3nnnn3C3CCCC3)C(C)C)c(=O)[nH]c2c1. The predicted molar refractivity (Wildman–Crippen MR) is 158 cm³/mol. The molecule has 2 heterocycles. The average Bonchev–Trinajstić information content (AvgIpc) is 3.68. The molecular weight excluding hydrogens is 520 g/mol. The molecule has 0 saturated heterocycles. The molecule has 0 aliphatic heterocycles. The third kappa shape index (κ3) is 6.22. The number of methoxy groups -OCH3 is 3. The van der Waals surface area contributed by atoms with Crippen LogP contribution < -0.4 is 19.8 Å². The number of fused-ring (bicyclic) bond motifs is 1. The Morgan fingerprint density at radius 1 is 1.00 bits per heavy atom. The molecule has 0 spiro atoms. The molecule has 5 rings (SSSR count). The Morgan fingerprint density at radius 3 is 2.49 bits per heavy atom. The predicted octanol–water partition coefficient (Wildman–Crippen LogP) is 5.10. The van der Waals surface area contributed by atoms with Gasteiger partial charge < -0.3 is 19.2 Å². The quantitative estimate of drug-likeness (QED) is 0.255. The first-order chi connectivity index (χ1) is 19.9. The van der Waals surface area contributed by atoms with Crippen molar-refractivity contribution >= 4 is 10.9 Å². The first-order valence-corrected chi connectivity index (χ1v) is 14.3. The van der Waals surface area contributed by atoms with Crippen molar-refractivity contribution in [2.24, 2.45) is 5.92 Å². The van der Waals surface area contributed by atoms with E-state index in [-0.39, 0.29) is 17.5 Å². The molecular formula is C31H40N6O4. The molecule has 1 aliphatic carbocycles. The standard InChI is InChI=1S/C31H40N6O4/c1-20(2)29(30-33-34-35-37(30)24-8-6-7-9-24)36(15-14-21-10-13-27(40-4)28(16-21)41-5)19-23-17-22-11-12-25(39-3)18-26(22)32-31(23)38/h10-13,16-18,20,24,29H,6-9,14-15,19H2,1-5H3,(H,32,38)/t29-/m1/s1. The van der Waals surface area contributed by atoms with Crippen LogP contribution in [0.4, 0.5) is 0 Å². The number of nitrogens with zero attached hydrogens (tertiary/aromatic N) is 5. The second-order valence-corrected chi connectivity index (χ2v) is 11.1. The zero-order chi connectivity index (χ0) is 28.9. The highest BCUT2D eigenvalue weighted by Crippen LogP contribution is 2.35. The Labute approximate surface area is 240 Å². The second-order valence-electron chi connectivity index (χ2n) is 11.1. The Hall–Kier alpha value is -3.92. The van der Waals surface area contributed by atoms with Crippen LogP contribution in [0.3, 0.4) is 0 Å². The number of hydrogen-bond donors (Lipinski definition) is 1. The maximum absolute atomic E-state index is 13.4. The number of hydrogen-bond acceptors (Lipinski definition) is 8. The lowest BCUT2D eigenvalue weighted by Gasteiger charge is -2.34. The molecule has 2 aromatic heterocycles. The molecule has 41 heavy (non-hydrogen) atoms. The van der Waals surface area contributed by atoms with Gasteiger partial charge in [0.2, 0.25) is 0 Å². The summed E-state index contributed by atoms with van der Waals surface area (Å²) < 4.78 is 18.4. The number of rotatable bonds is 12. The van der Waals surface area contributed by atoms with Crippen LogP contribution in [0.2, 0.25) is 0 Å². The van der Waals surface area contributed by atoms with E-state index < -0.39 is 0 Å². The highest BCUT2D eigenvalue weighted by Gasteiger charge is 2.32. The molecule has 1 fully saturated rings. The molecule has 1 atom stereocenters. The topological polar surface area (TPSA) is 107 Å². The largest absolute Gasteiger partial charge is 0.497 e. The van der Waals surface area contributed by atoms with Crippen molar-refractivity contribution in [3.05, 3.63) is 69.8 Å². The number of tetrazole rings is 1. The summed E-state index contributed by atoms with van der Waals surface area (Å²) in [6.45, 7) is 5.53. The van der Waals surface area contributed by atoms with Gasteiger partial charge in [-0.15, -0.1) is 5.10 Å². The smallest absolute Gasteiger partial charge is 0.252 e. The van der Waals surface area contributed by atoms with Crippen LogP contribution in [0, 0.1) is 5.92 Å². The monoisotopic (exact) mass is 560 g/mol. The molecule has 0 radical (unpaired) electrons. The minimum absolute atomic E-state index is 0.0864. The minimum Gasteiger partial charge on any atom is -0.497 e. The van der Waals surface area contributed by atoms with Gasteiger partial charge in [0.25, 0.3) is 5.56 Å². The molecule has 1 N–H and O–H groups in total. The lowest BCUT2D eigenvalue weighted by Crippen LogP contribution is -2.37. The molecule has 2 aromatic carbocycles. The van der Waals surface area contributed by atoms with Crippen molar-refractivity contribution in [2.45, 2.75) is 64.6 Å². The third-order valence-electron chi connectivity index (χ3n) is 8.12. The molecule has 10 nitrogen and oxygen atoms in total. The first kappa shape index (κ1) is 28.6. The van der Waals surface area contributed by atoms with Gasteiger partial charge in [-0.2, -0.15) is 0 Å². The van der Waals surface area contributed by atoms with E-state index in [0.717, 1.165) is 41.6 Å². The fraction of sp³-hybridized carbons (Fsp3) is 0.484. The lowest BCUT2D eigenvalue weighted by molar-refractivity contribution is 0.133. The van der Waals surface area contributed by atoms with Crippen molar-refractivity contribution in [1.82, 2.24) is 30.1 Å². The van der Waals surface area contributed by atoms with Crippen LogP contribution in [0.15, 0.2) is 47.3 Å². The summed E-state index contributed by atoms with van der Waals surface area (Å²) in [6.07, 6.45) is 5.30. The van der Waals surface area contributed by atoms with Crippen LogP contribution in [-0.2, 0) is 13.0 Å². The molecule has 1 saturated carbocycles. The van der Waals surface area contributed by atoms with E-state index in [0.29, 0.717) is 41.9 Å². The Balaban J connectivity index is 1.51. The molecule has 0 bridgehead atoms. The average molecular weight is 561 g/mol. The van der Waals surface area contributed by atoms with E-state index in [9.17, 15) is 4.79 Å². The molecule has 218 valence electrons. The number of benzene rings is 2. The Kier molecular flexibility index (Phi) is 8.87. The Morgan fingerprint density at radius 2 is 1.78 bits per heavy atom. The number of aromatic nitrogens is 5. The van der Waals surface area contributed by atoms with E-state index in [1.54, 1.807) is 21.3 Å². The normalized spacial score (nSPS) is 14.7. The van der Waals surface area contributed by atoms with Crippen LogP contribution in [0.1, 0.15) is 68.6 Å². The van der Waals surface area contributed by atoms with Crippen molar-refractivity contribution in [1.29, 1.82) is 0 Å². The van der Waals surface area contributed by atoms with Crippen LogP contribution in [0.5, 0.6) is 17.2 Å². The first-order valence-electron chi connectivity index (χ1n) is 14.3. The maximum atomic E-state index is 13.4. The third-order valence-corrected chi connectivity index (χ3v) is 8.12. The molecule has 1 aliphatic rings. The number of H-pyrrole nitrogens is 1. The molecule has 0 amide bonds. The van der Waals surface area contributed by atoms with Gasteiger partial charge in [0.1, 0.15) is 5.75 Å². The second kappa shape index (κ2) is 12.7. The lowest BCUT2D eigenvalue weighted by atomic mass is 9.99. The van der Waals surface area contributed by atoms with E-state index >= 15 is 0 Å². The minimum atomic E-state index is -0.111. The zero-order valence-corrected chi connectivity index (χ0v) is 24.6. The van der Waals surface area contributed by atoms with Gasteiger partial charge in [0, 0.05) is 24.7 Å². The highest BCUT2D eigenvalue weighted by atomic mass is 16.5. The van der Waals surface area contributed by atoms with Crippen LogP contribution >= 0.6 is 0 Å². The van der Waals surface area contributed by atoms with E-state index in [2.05, 4.69) is 45.3 Å². The fourth-order valence-electron chi connectivity index (χ4n) is 6.00. The van der Waals surface area contributed by atoms with E-state index in [4.69, 9.17) is 14.2 Å². The molecule has 10 heteroatoms. The molecule has 4 aromatic rings. The van der Waals surface area contributed by atoms with Crippen molar-refractivity contribution in [2.75, 3.05) is 27.9 Å². The summed E-state index contributed by atoms with van der Waals surface area (Å²) in [4.78, 5) is 18.8. The van der Waals surface area contributed by atoms with Gasteiger partial charge >= 0.3 is 0 Å². The summed E-state index contributed by atoms with van der Waals surface area (Å²) in [5.74, 6) is 3.17. The zero-order valence-electron chi connectivity index (χ0n) is 24.6. The van der Waals surface area contributed by atoms with Gasteiger partial charge in [-0.05, 0) is 76.9 Å². The van der Waals surface area contributed by atoms with Crippen LogP contribution in [-0.4, -0.2) is 58.0 Å². The van der Waals surface area contributed by atoms with Gasteiger partial charge in [-0.3, -0.25) is 9.69 Å². The van der Waals surface area contributed by atoms with Gasteiger partial charge in [-0.1, -0.05) is 32.8 Å². The Bertz CT molecular complexity index is 1520. The van der Waals surface area contributed by atoms with Crippen molar-refractivity contribution in [3.63, 3.8) is 0 Å². The van der Waals surface area contributed by atoms with E-state index in [1.807, 2.05) is 41.1 Å². The van der Waals surface area contributed by atoms with Crippen molar-refractivity contribution in [3.8, 4) is 17.2 Å². The summed E-state index contributed by atoms with van der Waals surface area (Å²) in [5, 5.41) is 14.1. The molecule has 0 unspecified atom stereocenters. The van der Waals surface area contributed by atoms with Gasteiger partial charge in [0.05, 0.1) is 38.9 Å². The highest BCUT2D eigenvalue weighted by molar-refractivity contribution is 5.80. The number of nitrogens with one attached hydrogen (secondary N) is 1. The van der Waals surface area contributed by atoms with E-state index in [1.165, 1.54) is 12.8 Å². The van der Waals surface area contributed by atoms with Crippen molar-refractivity contribution < 1.29 is 14.2 Å². The number of aromatic amines is 1. The van der Waals surface area contributed by atoms with Gasteiger partial charge in [-0.25, -0.2) is 4.68 Å². The summed E-state index contributed by atoms with van der Waals surface area (Å²) in [6, 6.07) is 13.9. The summed E-state index contributed by atoms with van der Waals surface area (Å²) in [5.41, 5.74) is 2.45. The van der Waals surface area contributed by atoms with Gasteiger partial charge in [0.15, 0.2) is 17.3 Å².